The molecular weight excluding hydrogens is 300 g/mol. The molecule has 0 radical (unpaired) electrons. The molecule has 24 heavy (non-hydrogen) atoms. The molecular formula is C18H36N6. The Morgan fingerprint density at radius 2 is 1.33 bits per heavy atom. The Labute approximate surface area is 148 Å². The topological polar surface area (TPSA) is 61.5 Å². The van der Waals surface area contributed by atoms with Crippen LogP contribution in [0.4, 0.5) is 11.8 Å². The maximum Gasteiger partial charge on any atom is 0.221 e. The lowest BCUT2D eigenvalue weighted by molar-refractivity contribution is 0.294. The zero-order chi connectivity index (χ0) is 17.8. The fraction of sp³-hybridized carbons (Fsp3) is 0.778. The molecule has 1 heterocycles. The molecule has 1 aromatic heterocycles. The maximum atomic E-state index is 5.77. The smallest absolute Gasteiger partial charge is 0.221 e. The molecule has 0 aliphatic rings. The highest BCUT2D eigenvalue weighted by Crippen LogP contribution is 2.12. The van der Waals surface area contributed by atoms with E-state index in [1.54, 1.807) is 6.20 Å². The van der Waals surface area contributed by atoms with E-state index in [9.17, 15) is 0 Å². The number of nitrogens with zero attached hydrogens (tertiary/aromatic N) is 5. The number of aromatic nitrogens is 2. The fourth-order valence-corrected chi connectivity index (χ4v) is 2.93. The second-order valence-electron chi connectivity index (χ2n) is 6.02. The highest BCUT2D eigenvalue weighted by atomic mass is 15.2. The third-order valence-corrected chi connectivity index (χ3v) is 4.58. The van der Waals surface area contributed by atoms with Crippen LogP contribution in [-0.4, -0.2) is 72.1 Å². The van der Waals surface area contributed by atoms with Crippen molar-refractivity contribution in [1.82, 2.24) is 19.8 Å². The Hall–Kier alpha value is -1.40. The molecule has 6 nitrogen and oxygen atoms in total. The Kier molecular flexibility index (Phi) is 10.4. The van der Waals surface area contributed by atoms with Gasteiger partial charge in [0.2, 0.25) is 5.95 Å². The van der Waals surface area contributed by atoms with Crippen molar-refractivity contribution >= 4 is 11.8 Å². The van der Waals surface area contributed by atoms with E-state index in [2.05, 4.69) is 52.4 Å². The summed E-state index contributed by atoms with van der Waals surface area (Å²) in [5.74, 6) is 1.30. The summed E-state index contributed by atoms with van der Waals surface area (Å²) in [4.78, 5) is 15.7. The number of nitrogen functional groups attached to an aromatic ring is 1. The summed E-state index contributed by atoms with van der Waals surface area (Å²) in [6.07, 6.45) is 4.02. The van der Waals surface area contributed by atoms with Gasteiger partial charge in [0, 0.05) is 19.3 Å². The van der Waals surface area contributed by atoms with Crippen LogP contribution in [0.3, 0.4) is 0 Å². The third-order valence-electron chi connectivity index (χ3n) is 4.58. The van der Waals surface area contributed by atoms with Crippen molar-refractivity contribution in [2.45, 2.75) is 40.5 Å². The molecule has 0 aliphatic carbocycles. The number of hydrogen-bond acceptors (Lipinski definition) is 6. The van der Waals surface area contributed by atoms with Crippen LogP contribution in [0.25, 0.3) is 0 Å². The van der Waals surface area contributed by atoms with E-state index in [-0.39, 0.29) is 0 Å². The summed E-state index contributed by atoms with van der Waals surface area (Å²) >= 11 is 0. The highest BCUT2D eigenvalue weighted by molar-refractivity contribution is 5.40. The van der Waals surface area contributed by atoms with Gasteiger partial charge in [-0.25, -0.2) is 4.98 Å². The van der Waals surface area contributed by atoms with Crippen molar-refractivity contribution in [3.05, 3.63) is 12.3 Å². The minimum Gasteiger partial charge on any atom is -0.368 e. The molecule has 6 heteroatoms. The maximum absolute atomic E-state index is 5.77. The Balaban J connectivity index is 2.59. The lowest BCUT2D eigenvalue weighted by Gasteiger charge is -2.27. The zero-order valence-corrected chi connectivity index (χ0v) is 16.0. The number of rotatable bonds is 13. The van der Waals surface area contributed by atoms with Crippen LogP contribution in [-0.2, 0) is 0 Å². The summed E-state index contributed by atoms with van der Waals surface area (Å²) in [5, 5.41) is 0. The summed E-state index contributed by atoms with van der Waals surface area (Å²) in [5.41, 5.74) is 5.77. The average Bonchev–Trinajstić information content (AvgIpc) is 2.60. The van der Waals surface area contributed by atoms with Gasteiger partial charge in [-0.05, 0) is 58.2 Å². The van der Waals surface area contributed by atoms with Crippen molar-refractivity contribution in [3.8, 4) is 0 Å². The second-order valence-corrected chi connectivity index (χ2v) is 6.02. The molecule has 0 fully saturated rings. The molecule has 0 aliphatic heterocycles. The molecule has 0 saturated carbocycles. The first-order valence-electron chi connectivity index (χ1n) is 9.42. The van der Waals surface area contributed by atoms with Crippen LogP contribution >= 0.6 is 0 Å². The molecule has 0 atom stereocenters. The minimum absolute atomic E-state index is 0.352. The van der Waals surface area contributed by atoms with Crippen molar-refractivity contribution in [2.75, 3.05) is 63.0 Å². The molecule has 0 spiro atoms. The van der Waals surface area contributed by atoms with Gasteiger partial charge >= 0.3 is 0 Å². The first-order valence-corrected chi connectivity index (χ1v) is 9.42. The predicted octanol–water partition coefficient (Wildman–Crippen LogP) is 2.33. The van der Waals surface area contributed by atoms with Crippen LogP contribution < -0.4 is 10.6 Å². The van der Waals surface area contributed by atoms with Crippen molar-refractivity contribution < 1.29 is 0 Å². The van der Waals surface area contributed by atoms with Gasteiger partial charge in [-0.3, -0.25) is 0 Å². The van der Waals surface area contributed by atoms with E-state index < -0.39 is 0 Å². The van der Waals surface area contributed by atoms with Crippen molar-refractivity contribution in [2.24, 2.45) is 0 Å². The van der Waals surface area contributed by atoms with Crippen LogP contribution in [0.15, 0.2) is 12.3 Å². The van der Waals surface area contributed by atoms with E-state index in [0.29, 0.717) is 5.95 Å². The summed E-state index contributed by atoms with van der Waals surface area (Å²) < 4.78 is 0. The van der Waals surface area contributed by atoms with Crippen molar-refractivity contribution in [1.29, 1.82) is 0 Å². The molecule has 0 unspecified atom stereocenters. The third kappa shape index (κ3) is 7.45. The molecule has 0 saturated heterocycles. The first kappa shape index (κ1) is 20.6. The van der Waals surface area contributed by atoms with Crippen LogP contribution in [0, 0.1) is 0 Å². The van der Waals surface area contributed by atoms with Gasteiger partial charge < -0.3 is 20.4 Å². The quantitative estimate of drug-likeness (QED) is 0.596. The number of anilines is 2. The largest absolute Gasteiger partial charge is 0.368 e. The number of nitrogens with two attached hydrogens (primary N) is 1. The number of hydrogen-bond donors (Lipinski definition) is 1. The summed E-state index contributed by atoms with van der Waals surface area (Å²) in [6.45, 7) is 17.6. The Morgan fingerprint density at radius 1 is 0.833 bits per heavy atom. The molecule has 2 N–H and O–H groups in total. The zero-order valence-electron chi connectivity index (χ0n) is 16.0. The summed E-state index contributed by atoms with van der Waals surface area (Å²) in [6, 6.07) is 1.96. The highest BCUT2D eigenvalue weighted by Gasteiger charge is 2.10. The van der Waals surface area contributed by atoms with Gasteiger partial charge in [-0.1, -0.05) is 27.7 Å². The van der Waals surface area contributed by atoms with Crippen LogP contribution in [0.5, 0.6) is 0 Å². The predicted molar refractivity (Wildman–Crippen MR) is 103 cm³/mol. The Morgan fingerprint density at radius 3 is 1.75 bits per heavy atom. The summed E-state index contributed by atoms with van der Waals surface area (Å²) in [7, 11) is 0. The van der Waals surface area contributed by atoms with E-state index in [4.69, 9.17) is 5.73 Å². The SMILES string of the molecule is CCN(CC)CCCN(CCCN(CC)CC)c1ccnc(N)n1. The van der Waals surface area contributed by atoms with Crippen LogP contribution in [0.2, 0.25) is 0 Å². The lowest BCUT2D eigenvalue weighted by atomic mass is 10.3. The fourth-order valence-electron chi connectivity index (χ4n) is 2.93. The normalized spacial score (nSPS) is 11.4. The van der Waals surface area contributed by atoms with Gasteiger partial charge in [-0.15, -0.1) is 0 Å². The monoisotopic (exact) mass is 336 g/mol. The van der Waals surface area contributed by atoms with E-state index in [1.807, 2.05) is 6.07 Å². The minimum atomic E-state index is 0.352. The van der Waals surface area contributed by atoms with Gasteiger partial charge in [0.15, 0.2) is 0 Å². The molecule has 0 aromatic carbocycles. The van der Waals surface area contributed by atoms with Gasteiger partial charge in [0.05, 0.1) is 0 Å². The van der Waals surface area contributed by atoms with Gasteiger partial charge in [0.1, 0.15) is 5.82 Å². The van der Waals surface area contributed by atoms with Gasteiger partial charge in [0.25, 0.3) is 0 Å². The Bertz CT molecular complexity index is 413. The molecule has 0 amide bonds. The van der Waals surface area contributed by atoms with Crippen LogP contribution in [0.1, 0.15) is 40.5 Å². The standard InChI is InChI=1S/C18H36N6/c1-5-22(6-2)13-9-15-24(16-10-14-23(7-3)8-4)17-11-12-20-18(19)21-17/h11-12H,5-10,13-16H2,1-4H3,(H2,19,20,21). The van der Waals surface area contributed by atoms with E-state index in [0.717, 1.165) is 71.0 Å². The van der Waals surface area contributed by atoms with Crippen molar-refractivity contribution in [3.63, 3.8) is 0 Å². The van der Waals surface area contributed by atoms with E-state index >= 15 is 0 Å². The van der Waals surface area contributed by atoms with Gasteiger partial charge in [-0.2, -0.15) is 4.98 Å². The average molecular weight is 337 g/mol. The second kappa shape index (κ2) is 12.0. The first-order chi connectivity index (χ1) is 11.6. The molecule has 1 aromatic rings. The lowest BCUT2D eigenvalue weighted by Crippen LogP contribution is -2.33. The molecule has 0 bridgehead atoms. The van der Waals surface area contributed by atoms with E-state index in [1.165, 1.54) is 0 Å². The molecule has 138 valence electrons. The molecule has 1 rings (SSSR count).